The molecule has 2 rings (SSSR count). The Balaban J connectivity index is 0.00000200. The van der Waals surface area contributed by atoms with Crippen LogP contribution in [0.5, 0.6) is 0 Å². The number of hydrogen-bond acceptors (Lipinski definition) is 2. The molecule has 3 nitrogen and oxygen atoms in total. The fraction of sp³-hybridized carbons (Fsp3) is 0.562. The van der Waals surface area contributed by atoms with Crippen molar-refractivity contribution in [1.29, 1.82) is 0 Å². The maximum atomic E-state index is 12.2. The van der Waals surface area contributed by atoms with E-state index in [1.165, 1.54) is 11.1 Å². The molecule has 112 valence electrons. The number of nitrogens with two attached hydrogens (primary N) is 1. The van der Waals surface area contributed by atoms with Crippen molar-refractivity contribution in [2.45, 2.75) is 33.1 Å². The molecule has 1 atom stereocenters. The van der Waals surface area contributed by atoms with Crippen LogP contribution >= 0.6 is 12.4 Å². The van der Waals surface area contributed by atoms with E-state index in [0.29, 0.717) is 13.0 Å². The van der Waals surface area contributed by atoms with Crippen LogP contribution in [0.25, 0.3) is 0 Å². The molecule has 0 aliphatic carbocycles. The highest BCUT2D eigenvalue weighted by atomic mass is 35.5. The molecule has 4 heteroatoms. The second kappa shape index (κ2) is 7.09. The summed E-state index contributed by atoms with van der Waals surface area (Å²) in [5.74, 6) is 0.263. The summed E-state index contributed by atoms with van der Waals surface area (Å²) in [6.07, 6.45) is 2.46. The van der Waals surface area contributed by atoms with Gasteiger partial charge in [0.1, 0.15) is 0 Å². The third kappa shape index (κ3) is 4.22. The highest BCUT2D eigenvalue weighted by molar-refractivity contribution is 5.85. The summed E-state index contributed by atoms with van der Waals surface area (Å²) in [4.78, 5) is 14.2. The summed E-state index contributed by atoms with van der Waals surface area (Å²) in [5.41, 5.74) is 8.39. The molecule has 2 N–H and O–H groups in total. The SMILES string of the molecule is Cc1cccc(CCC(=O)N2CCC(C)(CN)C2)c1.Cl. The fourth-order valence-electron chi connectivity index (χ4n) is 2.68. The predicted octanol–water partition coefficient (Wildman–Crippen LogP) is 2.55. The summed E-state index contributed by atoms with van der Waals surface area (Å²) >= 11 is 0. The summed E-state index contributed by atoms with van der Waals surface area (Å²) in [6.45, 7) is 6.59. The average molecular weight is 297 g/mol. The van der Waals surface area contributed by atoms with Crippen molar-refractivity contribution in [1.82, 2.24) is 4.90 Å². The van der Waals surface area contributed by atoms with Gasteiger partial charge in [0.25, 0.3) is 0 Å². The van der Waals surface area contributed by atoms with Crippen LogP contribution in [-0.4, -0.2) is 30.4 Å². The number of aryl methyl sites for hydroxylation is 2. The number of likely N-dealkylation sites (tertiary alicyclic amines) is 1. The van der Waals surface area contributed by atoms with Gasteiger partial charge in [-0.3, -0.25) is 4.79 Å². The van der Waals surface area contributed by atoms with E-state index in [0.717, 1.165) is 25.9 Å². The number of benzene rings is 1. The van der Waals surface area contributed by atoms with Gasteiger partial charge < -0.3 is 10.6 Å². The highest BCUT2D eigenvalue weighted by Crippen LogP contribution is 2.28. The third-order valence-corrected chi connectivity index (χ3v) is 4.11. The number of carbonyl (C=O) groups is 1. The third-order valence-electron chi connectivity index (χ3n) is 4.11. The standard InChI is InChI=1S/C16H24N2O.ClH/c1-13-4-3-5-14(10-13)6-7-15(19)18-9-8-16(2,11-17)12-18;/h3-5,10H,6-9,11-12,17H2,1-2H3;1H. The summed E-state index contributed by atoms with van der Waals surface area (Å²) < 4.78 is 0. The van der Waals surface area contributed by atoms with Crippen LogP contribution in [0.15, 0.2) is 24.3 Å². The van der Waals surface area contributed by atoms with Crippen molar-refractivity contribution < 1.29 is 4.79 Å². The quantitative estimate of drug-likeness (QED) is 0.928. The summed E-state index contributed by atoms with van der Waals surface area (Å²) in [6, 6.07) is 8.38. The van der Waals surface area contributed by atoms with E-state index in [4.69, 9.17) is 5.73 Å². The van der Waals surface area contributed by atoms with Crippen molar-refractivity contribution in [2.75, 3.05) is 19.6 Å². The second-order valence-corrected chi connectivity index (χ2v) is 6.07. The normalized spacial score (nSPS) is 21.6. The van der Waals surface area contributed by atoms with Gasteiger partial charge >= 0.3 is 0 Å². The molecule has 1 aromatic rings. The number of rotatable bonds is 4. The molecule has 1 aromatic carbocycles. The van der Waals surface area contributed by atoms with Crippen LogP contribution < -0.4 is 5.73 Å². The van der Waals surface area contributed by atoms with E-state index >= 15 is 0 Å². The Morgan fingerprint density at radius 3 is 2.80 bits per heavy atom. The molecular weight excluding hydrogens is 272 g/mol. The first-order valence-electron chi connectivity index (χ1n) is 7.06. The van der Waals surface area contributed by atoms with E-state index < -0.39 is 0 Å². The first-order valence-corrected chi connectivity index (χ1v) is 7.06. The van der Waals surface area contributed by atoms with Gasteiger partial charge in [-0.05, 0) is 37.3 Å². The van der Waals surface area contributed by atoms with Gasteiger partial charge in [0, 0.05) is 19.5 Å². The molecule has 1 aliphatic rings. The Morgan fingerprint density at radius 2 is 2.20 bits per heavy atom. The zero-order valence-electron chi connectivity index (χ0n) is 12.4. The molecule has 1 saturated heterocycles. The number of halogens is 1. The van der Waals surface area contributed by atoms with Crippen molar-refractivity contribution in [2.24, 2.45) is 11.1 Å². The molecule has 0 spiro atoms. The van der Waals surface area contributed by atoms with E-state index in [-0.39, 0.29) is 23.7 Å². The Morgan fingerprint density at radius 1 is 1.45 bits per heavy atom. The summed E-state index contributed by atoms with van der Waals surface area (Å²) in [7, 11) is 0. The minimum atomic E-state index is 0. The number of nitrogens with zero attached hydrogens (tertiary/aromatic N) is 1. The van der Waals surface area contributed by atoms with Crippen LogP contribution in [0.1, 0.15) is 30.9 Å². The van der Waals surface area contributed by atoms with Crippen LogP contribution in [-0.2, 0) is 11.2 Å². The fourth-order valence-corrected chi connectivity index (χ4v) is 2.68. The maximum Gasteiger partial charge on any atom is 0.222 e. The Labute approximate surface area is 127 Å². The van der Waals surface area contributed by atoms with Gasteiger partial charge in [0.05, 0.1) is 0 Å². The molecule has 0 radical (unpaired) electrons. The lowest BCUT2D eigenvalue weighted by Gasteiger charge is -2.22. The topological polar surface area (TPSA) is 46.3 Å². The smallest absolute Gasteiger partial charge is 0.222 e. The van der Waals surface area contributed by atoms with Crippen LogP contribution in [0.4, 0.5) is 0 Å². The Hall–Kier alpha value is -1.06. The lowest BCUT2D eigenvalue weighted by molar-refractivity contribution is -0.130. The van der Waals surface area contributed by atoms with Crippen molar-refractivity contribution in [3.05, 3.63) is 35.4 Å². The molecular formula is C16H25ClN2O. The molecule has 1 heterocycles. The van der Waals surface area contributed by atoms with Gasteiger partial charge in [-0.15, -0.1) is 12.4 Å². The molecule has 20 heavy (non-hydrogen) atoms. The second-order valence-electron chi connectivity index (χ2n) is 6.07. The maximum absolute atomic E-state index is 12.2. The minimum absolute atomic E-state index is 0. The van der Waals surface area contributed by atoms with E-state index in [1.807, 2.05) is 4.90 Å². The van der Waals surface area contributed by atoms with Crippen molar-refractivity contribution in [3.63, 3.8) is 0 Å². The lowest BCUT2D eigenvalue weighted by Crippen LogP contribution is -2.34. The Kier molecular flexibility index (Phi) is 6.03. The number of hydrogen-bond donors (Lipinski definition) is 1. The molecule has 1 aliphatic heterocycles. The number of amides is 1. The average Bonchev–Trinajstić information content (AvgIpc) is 2.80. The van der Waals surface area contributed by atoms with Crippen molar-refractivity contribution >= 4 is 18.3 Å². The van der Waals surface area contributed by atoms with E-state index in [2.05, 4.69) is 38.1 Å². The van der Waals surface area contributed by atoms with Gasteiger partial charge in [-0.1, -0.05) is 36.8 Å². The minimum Gasteiger partial charge on any atom is -0.342 e. The monoisotopic (exact) mass is 296 g/mol. The van der Waals surface area contributed by atoms with Gasteiger partial charge in [0.15, 0.2) is 0 Å². The van der Waals surface area contributed by atoms with Crippen LogP contribution in [0.2, 0.25) is 0 Å². The highest BCUT2D eigenvalue weighted by Gasteiger charge is 2.34. The Bertz CT molecular complexity index is 464. The number of carbonyl (C=O) groups excluding carboxylic acids is 1. The first-order chi connectivity index (χ1) is 9.02. The zero-order chi connectivity index (χ0) is 13.9. The molecule has 1 fully saturated rings. The van der Waals surface area contributed by atoms with Crippen LogP contribution in [0, 0.1) is 12.3 Å². The van der Waals surface area contributed by atoms with Gasteiger partial charge in [0.2, 0.25) is 5.91 Å². The molecule has 0 bridgehead atoms. The molecule has 1 unspecified atom stereocenters. The zero-order valence-corrected chi connectivity index (χ0v) is 13.2. The lowest BCUT2D eigenvalue weighted by atomic mass is 9.90. The van der Waals surface area contributed by atoms with Crippen LogP contribution in [0.3, 0.4) is 0 Å². The largest absolute Gasteiger partial charge is 0.342 e. The molecule has 0 aromatic heterocycles. The first kappa shape index (κ1) is 17.0. The van der Waals surface area contributed by atoms with Crippen molar-refractivity contribution in [3.8, 4) is 0 Å². The summed E-state index contributed by atoms with van der Waals surface area (Å²) in [5, 5.41) is 0. The predicted molar refractivity (Wildman–Crippen MR) is 85.1 cm³/mol. The molecule has 0 saturated carbocycles. The van der Waals surface area contributed by atoms with E-state index in [1.54, 1.807) is 0 Å². The van der Waals surface area contributed by atoms with Gasteiger partial charge in [-0.2, -0.15) is 0 Å². The molecule has 1 amide bonds. The van der Waals surface area contributed by atoms with Gasteiger partial charge in [-0.25, -0.2) is 0 Å². The van der Waals surface area contributed by atoms with E-state index in [9.17, 15) is 4.79 Å².